The third-order valence-electron chi connectivity index (χ3n) is 3.25. The van der Waals surface area contributed by atoms with Gasteiger partial charge >= 0.3 is 5.88 Å². The van der Waals surface area contributed by atoms with Gasteiger partial charge in [0.15, 0.2) is 5.76 Å². The second-order valence-electron chi connectivity index (χ2n) is 4.70. The average molecular weight is 320 g/mol. The maximum Gasteiger partial charge on any atom is 0.433 e. The fourth-order valence-corrected chi connectivity index (χ4v) is 2.07. The second-order valence-corrected chi connectivity index (χ2v) is 4.70. The van der Waals surface area contributed by atoms with Crippen molar-refractivity contribution in [2.45, 2.75) is 13.0 Å². The number of methoxy groups -OCH3 is 2. The topological polar surface area (TPSA) is 104 Å². The minimum absolute atomic E-state index is 0.134. The van der Waals surface area contributed by atoms with E-state index in [0.717, 1.165) is 6.07 Å². The first kappa shape index (κ1) is 16.3. The average Bonchev–Trinajstić information content (AvgIpc) is 3.04. The van der Waals surface area contributed by atoms with E-state index in [9.17, 15) is 14.9 Å². The Hall–Kier alpha value is -3.03. The molecule has 1 aromatic carbocycles. The Labute approximate surface area is 132 Å². The van der Waals surface area contributed by atoms with Crippen LogP contribution in [0.2, 0.25) is 0 Å². The summed E-state index contributed by atoms with van der Waals surface area (Å²) in [6, 6.07) is 7.18. The van der Waals surface area contributed by atoms with Crippen LogP contribution in [-0.4, -0.2) is 25.1 Å². The zero-order chi connectivity index (χ0) is 17.0. The van der Waals surface area contributed by atoms with E-state index in [0.29, 0.717) is 17.1 Å². The molecule has 1 heterocycles. The molecule has 1 N–H and O–H groups in total. The molecule has 0 spiro atoms. The van der Waals surface area contributed by atoms with Crippen LogP contribution in [0.1, 0.15) is 29.1 Å². The number of benzene rings is 1. The number of nitro groups is 1. The van der Waals surface area contributed by atoms with E-state index in [4.69, 9.17) is 13.9 Å². The highest BCUT2D eigenvalue weighted by atomic mass is 16.6. The Kier molecular flexibility index (Phi) is 4.85. The summed E-state index contributed by atoms with van der Waals surface area (Å²) < 4.78 is 15.3. The highest BCUT2D eigenvalue weighted by Crippen LogP contribution is 2.29. The molecular formula is C15H16N2O6. The fourth-order valence-electron chi connectivity index (χ4n) is 2.07. The number of furan rings is 1. The number of carbonyl (C=O) groups excluding carboxylic acids is 1. The Bertz CT molecular complexity index is 725. The Morgan fingerprint density at radius 2 is 2.00 bits per heavy atom. The van der Waals surface area contributed by atoms with Gasteiger partial charge < -0.3 is 19.2 Å². The second kappa shape index (κ2) is 6.82. The van der Waals surface area contributed by atoms with Crippen molar-refractivity contribution in [3.05, 3.63) is 51.8 Å². The Balaban J connectivity index is 2.18. The molecule has 122 valence electrons. The zero-order valence-electron chi connectivity index (χ0n) is 12.9. The summed E-state index contributed by atoms with van der Waals surface area (Å²) in [6.45, 7) is 1.76. The molecule has 0 aliphatic heterocycles. The van der Waals surface area contributed by atoms with E-state index in [-0.39, 0.29) is 5.76 Å². The number of nitrogens with zero attached hydrogens (tertiary/aromatic N) is 1. The highest BCUT2D eigenvalue weighted by molar-refractivity contribution is 5.92. The van der Waals surface area contributed by atoms with Gasteiger partial charge in [-0.3, -0.25) is 14.9 Å². The van der Waals surface area contributed by atoms with Gasteiger partial charge in [-0.2, -0.15) is 0 Å². The summed E-state index contributed by atoms with van der Waals surface area (Å²) in [7, 11) is 3.06. The van der Waals surface area contributed by atoms with Crippen LogP contribution in [0.5, 0.6) is 11.5 Å². The maximum atomic E-state index is 12.1. The first-order valence-electron chi connectivity index (χ1n) is 6.73. The number of ether oxygens (including phenoxy) is 2. The van der Waals surface area contributed by atoms with Crippen LogP contribution in [-0.2, 0) is 0 Å². The molecule has 2 rings (SSSR count). The van der Waals surface area contributed by atoms with Gasteiger partial charge in [-0.1, -0.05) is 0 Å². The summed E-state index contributed by atoms with van der Waals surface area (Å²) in [4.78, 5) is 22.0. The number of nitrogens with one attached hydrogen (secondary N) is 1. The van der Waals surface area contributed by atoms with E-state index < -0.39 is 22.8 Å². The van der Waals surface area contributed by atoms with Crippen LogP contribution in [0.15, 0.2) is 34.7 Å². The fraction of sp³-hybridized carbons (Fsp3) is 0.267. The lowest BCUT2D eigenvalue weighted by Gasteiger charge is -2.17. The molecule has 2 aromatic rings. The van der Waals surface area contributed by atoms with Crippen molar-refractivity contribution < 1.29 is 23.6 Å². The van der Waals surface area contributed by atoms with Crippen LogP contribution >= 0.6 is 0 Å². The molecule has 0 radical (unpaired) electrons. The molecule has 1 aromatic heterocycles. The Morgan fingerprint density at radius 1 is 1.26 bits per heavy atom. The quantitative estimate of drug-likeness (QED) is 0.648. The molecule has 8 heteroatoms. The molecule has 1 unspecified atom stereocenters. The van der Waals surface area contributed by atoms with Crippen molar-refractivity contribution in [1.29, 1.82) is 0 Å². The number of rotatable bonds is 6. The molecule has 0 aliphatic rings. The number of amides is 1. The van der Waals surface area contributed by atoms with Crippen LogP contribution in [0.25, 0.3) is 0 Å². The normalized spacial score (nSPS) is 11.6. The number of carbonyl (C=O) groups is 1. The first-order chi connectivity index (χ1) is 11.0. The minimum atomic E-state index is -0.703. The van der Waals surface area contributed by atoms with Crippen molar-refractivity contribution in [1.82, 2.24) is 5.32 Å². The summed E-state index contributed by atoms with van der Waals surface area (Å²) in [6.07, 6.45) is 0. The van der Waals surface area contributed by atoms with Gasteiger partial charge in [-0.15, -0.1) is 0 Å². The number of hydrogen-bond donors (Lipinski definition) is 1. The molecule has 1 amide bonds. The highest BCUT2D eigenvalue weighted by Gasteiger charge is 2.20. The molecule has 0 saturated carbocycles. The van der Waals surface area contributed by atoms with Crippen LogP contribution < -0.4 is 14.8 Å². The predicted octanol–water partition coefficient (Wildman–Crippen LogP) is 2.70. The molecule has 0 saturated heterocycles. The van der Waals surface area contributed by atoms with E-state index in [2.05, 4.69) is 5.32 Å². The summed E-state index contributed by atoms with van der Waals surface area (Å²) in [5, 5.41) is 13.3. The van der Waals surface area contributed by atoms with Crippen molar-refractivity contribution in [2.75, 3.05) is 14.2 Å². The van der Waals surface area contributed by atoms with Crippen molar-refractivity contribution in [3.8, 4) is 11.5 Å². The van der Waals surface area contributed by atoms with Gasteiger partial charge in [0.2, 0.25) is 0 Å². The zero-order valence-corrected chi connectivity index (χ0v) is 12.9. The molecule has 0 fully saturated rings. The standard InChI is InChI=1S/C15H16N2O6/c1-9(11-8-10(21-2)4-5-12(11)22-3)16-15(18)13-6-7-14(23-13)17(19)20/h4-9H,1-3H3,(H,16,18). The summed E-state index contributed by atoms with van der Waals surface area (Å²) in [5.74, 6) is 0.0298. The lowest BCUT2D eigenvalue weighted by atomic mass is 10.1. The third kappa shape index (κ3) is 3.60. The lowest BCUT2D eigenvalue weighted by molar-refractivity contribution is -0.402. The van der Waals surface area contributed by atoms with Crippen LogP contribution in [0.4, 0.5) is 5.88 Å². The van der Waals surface area contributed by atoms with E-state index in [1.807, 2.05) is 0 Å². The van der Waals surface area contributed by atoms with E-state index in [1.54, 1.807) is 25.1 Å². The molecular weight excluding hydrogens is 304 g/mol. The van der Waals surface area contributed by atoms with Gasteiger partial charge in [0.25, 0.3) is 5.91 Å². The van der Waals surface area contributed by atoms with Gasteiger partial charge in [0.05, 0.1) is 26.3 Å². The van der Waals surface area contributed by atoms with Crippen molar-refractivity contribution >= 4 is 11.8 Å². The maximum absolute atomic E-state index is 12.1. The molecule has 0 aliphatic carbocycles. The largest absolute Gasteiger partial charge is 0.497 e. The molecule has 0 bridgehead atoms. The van der Waals surface area contributed by atoms with Gasteiger partial charge in [0.1, 0.15) is 16.4 Å². The smallest absolute Gasteiger partial charge is 0.433 e. The van der Waals surface area contributed by atoms with E-state index >= 15 is 0 Å². The molecule has 23 heavy (non-hydrogen) atoms. The summed E-state index contributed by atoms with van der Waals surface area (Å²) >= 11 is 0. The van der Waals surface area contributed by atoms with Gasteiger partial charge in [-0.05, 0) is 31.2 Å². The SMILES string of the molecule is COc1ccc(OC)c(C(C)NC(=O)c2ccc([N+](=O)[O-])o2)c1. The third-order valence-corrected chi connectivity index (χ3v) is 3.25. The van der Waals surface area contributed by atoms with Crippen molar-refractivity contribution in [2.24, 2.45) is 0 Å². The predicted molar refractivity (Wildman–Crippen MR) is 80.8 cm³/mol. The van der Waals surface area contributed by atoms with Crippen molar-refractivity contribution in [3.63, 3.8) is 0 Å². The van der Waals surface area contributed by atoms with Crippen LogP contribution in [0, 0.1) is 10.1 Å². The van der Waals surface area contributed by atoms with Crippen LogP contribution in [0.3, 0.4) is 0 Å². The summed E-state index contributed by atoms with van der Waals surface area (Å²) in [5.41, 5.74) is 0.709. The Morgan fingerprint density at radius 3 is 2.57 bits per heavy atom. The van der Waals surface area contributed by atoms with Gasteiger partial charge in [-0.25, -0.2) is 0 Å². The molecule has 1 atom stereocenters. The monoisotopic (exact) mass is 320 g/mol. The lowest BCUT2D eigenvalue weighted by Crippen LogP contribution is -2.26. The minimum Gasteiger partial charge on any atom is -0.497 e. The van der Waals surface area contributed by atoms with E-state index in [1.165, 1.54) is 20.3 Å². The van der Waals surface area contributed by atoms with Gasteiger partial charge in [0, 0.05) is 5.56 Å². The molecule has 8 nitrogen and oxygen atoms in total. The first-order valence-corrected chi connectivity index (χ1v) is 6.73. The number of hydrogen-bond acceptors (Lipinski definition) is 6.